The Hall–Kier alpha value is -1.25. The Bertz CT molecular complexity index is 477. The van der Waals surface area contributed by atoms with E-state index in [0.717, 1.165) is 11.1 Å². The summed E-state index contributed by atoms with van der Waals surface area (Å²) in [5.74, 6) is -1.43. The van der Waals surface area contributed by atoms with E-state index in [1.54, 1.807) is 6.92 Å². The van der Waals surface area contributed by atoms with Crippen LogP contribution in [-0.4, -0.2) is 5.78 Å². The molecule has 92 valence electrons. The lowest BCUT2D eigenvalue weighted by Gasteiger charge is -2.17. The van der Waals surface area contributed by atoms with Crippen molar-refractivity contribution in [1.82, 2.24) is 0 Å². The molecule has 1 aromatic carbocycles. The van der Waals surface area contributed by atoms with E-state index >= 15 is 0 Å². The lowest BCUT2D eigenvalue weighted by atomic mass is 9.87. The standard InChI is InChI=1S/C14H16F2O/c1-8-4-11(15)12(16)6-10(8)9-5-13(17)14(2,3)7-9/h4,6,9H,5,7H2,1-3H3/t9-/m1/s1. The van der Waals surface area contributed by atoms with Crippen LogP contribution >= 0.6 is 0 Å². The minimum absolute atomic E-state index is 0.0209. The fourth-order valence-electron chi connectivity index (χ4n) is 2.62. The van der Waals surface area contributed by atoms with Crippen molar-refractivity contribution in [1.29, 1.82) is 0 Å². The third-order valence-corrected chi connectivity index (χ3v) is 3.69. The number of rotatable bonds is 1. The van der Waals surface area contributed by atoms with Crippen LogP contribution in [0.25, 0.3) is 0 Å². The largest absolute Gasteiger partial charge is 0.299 e. The molecule has 3 heteroatoms. The van der Waals surface area contributed by atoms with Crippen LogP contribution in [0, 0.1) is 24.0 Å². The van der Waals surface area contributed by atoms with Crippen molar-refractivity contribution in [2.24, 2.45) is 5.41 Å². The zero-order valence-corrected chi connectivity index (χ0v) is 10.3. The molecule has 1 fully saturated rings. The second-order valence-corrected chi connectivity index (χ2v) is 5.54. The van der Waals surface area contributed by atoms with Gasteiger partial charge in [-0.1, -0.05) is 13.8 Å². The molecule has 1 aliphatic carbocycles. The minimum atomic E-state index is -0.831. The van der Waals surface area contributed by atoms with Gasteiger partial charge in [0.25, 0.3) is 0 Å². The van der Waals surface area contributed by atoms with Crippen LogP contribution in [0.5, 0.6) is 0 Å². The molecule has 1 atom stereocenters. The number of hydrogen-bond acceptors (Lipinski definition) is 1. The van der Waals surface area contributed by atoms with Gasteiger partial charge >= 0.3 is 0 Å². The molecule has 2 rings (SSSR count). The summed E-state index contributed by atoms with van der Waals surface area (Å²) in [6.07, 6.45) is 1.14. The van der Waals surface area contributed by atoms with Gasteiger partial charge in [-0.3, -0.25) is 4.79 Å². The molecule has 0 radical (unpaired) electrons. The van der Waals surface area contributed by atoms with Gasteiger partial charge in [0.15, 0.2) is 11.6 Å². The molecule has 1 saturated carbocycles. The fourth-order valence-corrected chi connectivity index (χ4v) is 2.62. The van der Waals surface area contributed by atoms with E-state index in [1.165, 1.54) is 12.1 Å². The molecular weight excluding hydrogens is 222 g/mol. The van der Waals surface area contributed by atoms with Gasteiger partial charge in [-0.2, -0.15) is 0 Å². The lowest BCUT2D eigenvalue weighted by molar-refractivity contribution is -0.124. The van der Waals surface area contributed by atoms with E-state index in [9.17, 15) is 13.6 Å². The molecular formula is C14H16F2O. The van der Waals surface area contributed by atoms with Crippen LogP contribution in [-0.2, 0) is 4.79 Å². The van der Waals surface area contributed by atoms with Gasteiger partial charge in [-0.25, -0.2) is 8.78 Å². The highest BCUT2D eigenvalue weighted by molar-refractivity contribution is 5.87. The van der Waals surface area contributed by atoms with Crippen LogP contribution in [0.1, 0.15) is 43.7 Å². The maximum Gasteiger partial charge on any atom is 0.159 e. The number of carbonyl (C=O) groups is 1. The van der Waals surface area contributed by atoms with Gasteiger partial charge < -0.3 is 0 Å². The fraction of sp³-hybridized carbons (Fsp3) is 0.500. The number of halogens is 2. The molecule has 0 aliphatic heterocycles. The van der Waals surface area contributed by atoms with Crippen molar-refractivity contribution in [3.05, 3.63) is 34.9 Å². The Labute approximate surface area is 99.8 Å². The lowest BCUT2D eigenvalue weighted by Crippen LogP contribution is -2.15. The average molecular weight is 238 g/mol. The van der Waals surface area contributed by atoms with E-state index < -0.39 is 11.6 Å². The van der Waals surface area contributed by atoms with Gasteiger partial charge in [-0.05, 0) is 42.5 Å². The van der Waals surface area contributed by atoms with Crippen molar-refractivity contribution in [2.45, 2.75) is 39.5 Å². The summed E-state index contributed by atoms with van der Waals surface area (Å²) < 4.78 is 26.3. The first-order valence-electron chi connectivity index (χ1n) is 5.80. The van der Waals surface area contributed by atoms with Crippen LogP contribution in [0.2, 0.25) is 0 Å². The summed E-state index contributed by atoms with van der Waals surface area (Å²) in [5.41, 5.74) is 1.14. The maximum absolute atomic E-state index is 13.2. The van der Waals surface area contributed by atoms with Crippen molar-refractivity contribution < 1.29 is 13.6 Å². The van der Waals surface area contributed by atoms with Crippen LogP contribution in [0.3, 0.4) is 0 Å². The summed E-state index contributed by atoms with van der Waals surface area (Å²) in [5, 5.41) is 0. The van der Waals surface area contributed by atoms with Gasteiger partial charge in [0.2, 0.25) is 0 Å². The summed E-state index contributed by atoms with van der Waals surface area (Å²) in [4.78, 5) is 11.8. The molecule has 0 aromatic heterocycles. The molecule has 0 spiro atoms. The van der Waals surface area contributed by atoms with Crippen LogP contribution < -0.4 is 0 Å². The van der Waals surface area contributed by atoms with Gasteiger partial charge in [0.1, 0.15) is 5.78 Å². The van der Waals surface area contributed by atoms with Crippen LogP contribution in [0.15, 0.2) is 12.1 Å². The summed E-state index contributed by atoms with van der Waals surface area (Å²) >= 11 is 0. The predicted molar refractivity (Wildman–Crippen MR) is 61.9 cm³/mol. The Morgan fingerprint density at radius 1 is 1.24 bits per heavy atom. The third-order valence-electron chi connectivity index (χ3n) is 3.69. The number of Topliss-reactive ketones (excluding diaryl/α,β-unsaturated/α-hetero) is 1. The number of ketones is 1. The number of carbonyl (C=O) groups excluding carboxylic acids is 1. The van der Waals surface area contributed by atoms with Crippen molar-refractivity contribution in [3.63, 3.8) is 0 Å². The highest BCUT2D eigenvalue weighted by atomic mass is 19.2. The molecule has 0 unspecified atom stereocenters. The van der Waals surface area contributed by atoms with E-state index in [4.69, 9.17) is 0 Å². The first-order valence-corrected chi connectivity index (χ1v) is 5.80. The van der Waals surface area contributed by atoms with Crippen LogP contribution in [0.4, 0.5) is 8.78 Å². The van der Waals surface area contributed by atoms with E-state index in [0.29, 0.717) is 12.8 Å². The number of aryl methyl sites for hydroxylation is 1. The summed E-state index contributed by atoms with van der Waals surface area (Å²) in [6, 6.07) is 2.45. The highest BCUT2D eigenvalue weighted by Crippen LogP contribution is 2.44. The van der Waals surface area contributed by atoms with Crippen molar-refractivity contribution in [2.75, 3.05) is 0 Å². The number of benzene rings is 1. The molecule has 1 nitrogen and oxygen atoms in total. The zero-order chi connectivity index (χ0) is 12.8. The monoisotopic (exact) mass is 238 g/mol. The molecule has 0 N–H and O–H groups in total. The molecule has 17 heavy (non-hydrogen) atoms. The first kappa shape index (κ1) is 12.2. The maximum atomic E-state index is 13.2. The quantitative estimate of drug-likeness (QED) is 0.728. The molecule has 0 bridgehead atoms. The second-order valence-electron chi connectivity index (χ2n) is 5.54. The Morgan fingerprint density at radius 2 is 1.82 bits per heavy atom. The molecule has 0 heterocycles. The third kappa shape index (κ3) is 2.11. The van der Waals surface area contributed by atoms with Gasteiger partial charge in [0.05, 0.1) is 0 Å². The van der Waals surface area contributed by atoms with Crippen molar-refractivity contribution >= 4 is 5.78 Å². The topological polar surface area (TPSA) is 17.1 Å². The van der Waals surface area contributed by atoms with E-state index in [-0.39, 0.29) is 17.1 Å². The number of hydrogen-bond donors (Lipinski definition) is 0. The molecule has 0 amide bonds. The summed E-state index contributed by atoms with van der Waals surface area (Å²) in [7, 11) is 0. The van der Waals surface area contributed by atoms with Gasteiger partial charge in [-0.15, -0.1) is 0 Å². The highest BCUT2D eigenvalue weighted by Gasteiger charge is 2.40. The molecule has 1 aromatic rings. The molecule has 0 saturated heterocycles. The Balaban J connectivity index is 2.37. The predicted octanol–water partition coefficient (Wildman–Crippen LogP) is 3.75. The molecule has 1 aliphatic rings. The smallest absolute Gasteiger partial charge is 0.159 e. The van der Waals surface area contributed by atoms with Gasteiger partial charge in [0, 0.05) is 11.8 Å². The minimum Gasteiger partial charge on any atom is -0.299 e. The van der Waals surface area contributed by atoms with E-state index in [2.05, 4.69) is 0 Å². The van der Waals surface area contributed by atoms with Crippen molar-refractivity contribution in [3.8, 4) is 0 Å². The summed E-state index contributed by atoms with van der Waals surface area (Å²) in [6.45, 7) is 5.57. The van der Waals surface area contributed by atoms with E-state index in [1.807, 2.05) is 13.8 Å². The average Bonchev–Trinajstić information content (AvgIpc) is 2.47. The zero-order valence-electron chi connectivity index (χ0n) is 10.3. The normalized spacial score (nSPS) is 23.1. The Morgan fingerprint density at radius 3 is 2.35 bits per heavy atom. The Kier molecular flexibility index (Phi) is 2.80. The second kappa shape index (κ2) is 3.90. The first-order chi connectivity index (χ1) is 7.81. The SMILES string of the molecule is Cc1cc(F)c(F)cc1[C@@H]1CC(=O)C(C)(C)C1.